The Balaban J connectivity index is 1.49. The third-order valence-corrected chi connectivity index (χ3v) is 7.68. The van der Waals surface area contributed by atoms with Crippen molar-refractivity contribution in [1.82, 2.24) is 5.32 Å². The summed E-state index contributed by atoms with van der Waals surface area (Å²) in [5.74, 6) is 5.33. The van der Waals surface area contributed by atoms with Crippen molar-refractivity contribution in [2.75, 3.05) is 7.05 Å². The maximum atomic E-state index is 3.67. The Kier molecular flexibility index (Phi) is 2.86. The summed E-state index contributed by atoms with van der Waals surface area (Å²) in [6.45, 7) is 0. The predicted molar refractivity (Wildman–Crippen MR) is 79.9 cm³/mol. The normalized spacial score (nSPS) is 42.0. The topological polar surface area (TPSA) is 12.0 Å². The Morgan fingerprint density at radius 1 is 1.39 bits per heavy atom. The number of fused-ring (bicyclic) bond motifs is 5. The molecule has 18 heavy (non-hydrogen) atoms. The molecule has 1 aromatic heterocycles. The van der Waals surface area contributed by atoms with Crippen LogP contribution >= 0.6 is 27.3 Å². The van der Waals surface area contributed by atoms with Crippen LogP contribution in [0.4, 0.5) is 0 Å². The predicted octanol–water partition coefficient (Wildman–Crippen LogP) is 3.93. The van der Waals surface area contributed by atoms with Crippen LogP contribution in [0.1, 0.15) is 24.1 Å². The van der Waals surface area contributed by atoms with Gasteiger partial charge in [0.05, 0.1) is 0 Å². The van der Waals surface area contributed by atoms with Crippen molar-refractivity contribution in [2.24, 2.45) is 29.6 Å². The number of hydrogen-bond donors (Lipinski definition) is 1. The van der Waals surface area contributed by atoms with Gasteiger partial charge in [0.2, 0.25) is 0 Å². The highest BCUT2D eigenvalue weighted by atomic mass is 79.9. The van der Waals surface area contributed by atoms with Crippen molar-refractivity contribution in [2.45, 2.75) is 31.7 Å². The van der Waals surface area contributed by atoms with Gasteiger partial charge in [-0.25, -0.2) is 0 Å². The van der Waals surface area contributed by atoms with Gasteiger partial charge in [0.1, 0.15) is 0 Å². The van der Waals surface area contributed by atoms with Crippen LogP contribution in [-0.2, 0) is 6.42 Å². The maximum Gasteiger partial charge on any atom is 0.0314 e. The number of thiophene rings is 1. The van der Waals surface area contributed by atoms with Crippen molar-refractivity contribution >= 4 is 27.3 Å². The monoisotopic (exact) mass is 325 g/mol. The van der Waals surface area contributed by atoms with Crippen LogP contribution in [-0.4, -0.2) is 13.1 Å². The Labute approximate surface area is 121 Å². The van der Waals surface area contributed by atoms with E-state index >= 15 is 0 Å². The smallest absolute Gasteiger partial charge is 0.0314 e. The molecule has 5 atom stereocenters. The van der Waals surface area contributed by atoms with E-state index in [0.29, 0.717) is 6.04 Å². The number of hydrogen-bond acceptors (Lipinski definition) is 2. The van der Waals surface area contributed by atoms with E-state index in [1.54, 1.807) is 6.42 Å². The Bertz CT molecular complexity index is 441. The summed E-state index contributed by atoms with van der Waals surface area (Å²) in [5.41, 5.74) is 0. The molecule has 0 spiro atoms. The van der Waals surface area contributed by atoms with Gasteiger partial charge in [-0.05, 0) is 89.7 Å². The minimum atomic E-state index is 0.707. The molecule has 1 heterocycles. The van der Waals surface area contributed by atoms with Gasteiger partial charge in [-0.15, -0.1) is 11.3 Å². The third kappa shape index (κ3) is 1.66. The van der Waals surface area contributed by atoms with Gasteiger partial charge in [-0.1, -0.05) is 0 Å². The summed E-state index contributed by atoms with van der Waals surface area (Å²) < 4.78 is 1.31. The molecular weight excluding hydrogens is 306 g/mol. The second-order valence-electron chi connectivity index (χ2n) is 6.36. The molecule has 0 aromatic carbocycles. The first-order valence-electron chi connectivity index (χ1n) is 7.18. The molecule has 0 radical (unpaired) electrons. The van der Waals surface area contributed by atoms with Gasteiger partial charge >= 0.3 is 0 Å². The Morgan fingerprint density at radius 3 is 2.67 bits per heavy atom. The first-order valence-corrected chi connectivity index (χ1v) is 8.86. The molecule has 0 aliphatic heterocycles. The molecule has 3 aliphatic carbocycles. The lowest BCUT2D eigenvalue weighted by Crippen LogP contribution is -2.32. The van der Waals surface area contributed by atoms with Crippen LogP contribution in [0, 0.1) is 29.6 Å². The van der Waals surface area contributed by atoms with Crippen LogP contribution in [0.3, 0.4) is 0 Å². The number of rotatable bonds is 4. The Morgan fingerprint density at radius 2 is 2.11 bits per heavy atom. The lowest BCUT2D eigenvalue weighted by Gasteiger charge is -2.19. The van der Waals surface area contributed by atoms with Gasteiger partial charge in [0.15, 0.2) is 0 Å². The average molecular weight is 326 g/mol. The molecule has 0 saturated heterocycles. The van der Waals surface area contributed by atoms with Crippen molar-refractivity contribution in [1.29, 1.82) is 0 Å². The van der Waals surface area contributed by atoms with E-state index in [9.17, 15) is 0 Å². The van der Waals surface area contributed by atoms with E-state index in [1.165, 1.54) is 28.6 Å². The van der Waals surface area contributed by atoms with Crippen LogP contribution in [0.15, 0.2) is 15.9 Å². The summed E-state index contributed by atoms with van der Waals surface area (Å²) in [5, 5.41) is 5.81. The standard InChI is InChI=1S/C15H20BrNS/c1-17-11(7-12-10(16)4-5-18-12)15-13-8-2-3-9(6-8)14(13)15/h4-5,8-9,11,13-15,17H,2-3,6-7H2,1H3. The van der Waals surface area contributed by atoms with Crippen LogP contribution in [0.5, 0.6) is 0 Å². The SMILES string of the molecule is CNC(Cc1sccc1Br)C1C2C3CCC(C3)C21. The highest BCUT2D eigenvalue weighted by Gasteiger charge is 2.66. The first-order chi connectivity index (χ1) is 8.79. The minimum absolute atomic E-state index is 0.707. The van der Waals surface area contributed by atoms with E-state index in [1.807, 2.05) is 11.3 Å². The van der Waals surface area contributed by atoms with Crippen molar-refractivity contribution in [3.63, 3.8) is 0 Å². The lowest BCUT2D eigenvalue weighted by molar-refractivity contribution is 0.377. The molecule has 1 N–H and O–H groups in total. The van der Waals surface area contributed by atoms with E-state index in [2.05, 4.69) is 39.7 Å². The van der Waals surface area contributed by atoms with Crippen LogP contribution in [0.2, 0.25) is 0 Å². The fourth-order valence-corrected chi connectivity index (χ4v) is 6.61. The molecule has 5 unspecified atom stereocenters. The summed E-state index contributed by atoms with van der Waals surface area (Å²) >= 11 is 5.57. The van der Waals surface area contributed by atoms with Crippen LogP contribution in [0.25, 0.3) is 0 Å². The van der Waals surface area contributed by atoms with Gasteiger partial charge < -0.3 is 5.32 Å². The number of halogens is 1. The van der Waals surface area contributed by atoms with Gasteiger partial charge in [0, 0.05) is 15.4 Å². The highest BCUT2D eigenvalue weighted by molar-refractivity contribution is 9.10. The molecule has 3 heteroatoms. The molecule has 4 rings (SSSR count). The molecule has 3 fully saturated rings. The summed E-state index contributed by atoms with van der Waals surface area (Å²) in [7, 11) is 2.15. The molecule has 98 valence electrons. The molecule has 0 amide bonds. The maximum absolute atomic E-state index is 3.67. The molecular formula is C15H20BrNS. The fraction of sp³-hybridized carbons (Fsp3) is 0.733. The fourth-order valence-electron chi connectivity index (χ4n) is 5.03. The lowest BCUT2D eigenvalue weighted by atomic mass is 9.95. The van der Waals surface area contributed by atoms with Crippen molar-refractivity contribution in [3.05, 3.63) is 20.8 Å². The highest BCUT2D eigenvalue weighted by Crippen LogP contribution is 2.70. The van der Waals surface area contributed by atoms with E-state index in [0.717, 1.165) is 29.6 Å². The number of nitrogens with one attached hydrogen (secondary N) is 1. The summed E-state index contributed by atoms with van der Waals surface area (Å²) in [6, 6.07) is 2.89. The largest absolute Gasteiger partial charge is 0.316 e. The minimum Gasteiger partial charge on any atom is -0.316 e. The summed E-state index contributed by atoms with van der Waals surface area (Å²) in [4.78, 5) is 1.52. The van der Waals surface area contributed by atoms with E-state index in [-0.39, 0.29) is 0 Å². The zero-order valence-electron chi connectivity index (χ0n) is 10.7. The Hall–Kier alpha value is 0.140. The zero-order valence-corrected chi connectivity index (χ0v) is 13.1. The second kappa shape index (κ2) is 4.32. The average Bonchev–Trinajstić information content (AvgIpc) is 2.72. The summed E-state index contributed by atoms with van der Waals surface area (Å²) in [6.07, 6.45) is 5.83. The van der Waals surface area contributed by atoms with Crippen molar-refractivity contribution < 1.29 is 0 Å². The van der Waals surface area contributed by atoms with Crippen molar-refractivity contribution in [3.8, 4) is 0 Å². The molecule has 1 nitrogen and oxygen atoms in total. The van der Waals surface area contributed by atoms with Gasteiger partial charge in [-0.2, -0.15) is 0 Å². The third-order valence-electron chi connectivity index (χ3n) is 5.73. The van der Waals surface area contributed by atoms with Crippen LogP contribution < -0.4 is 5.32 Å². The zero-order chi connectivity index (χ0) is 12.3. The van der Waals surface area contributed by atoms with E-state index in [4.69, 9.17) is 0 Å². The van der Waals surface area contributed by atoms with Gasteiger partial charge in [0.25, 0.3) is 0 Å². The van der Waals surface area contributed by atoms with Gasteiger partial charge in [-0.3, -0.25) is 0 Å². The molecule has 1 aromatic rings. The second-order valence-corrected chi connectivity index (χ2v) is 8.21. The first kappa shape index (κ1) is 11.9. The number of likely N-dealkylation sites (N-methyl/N-ethyl adjacent to an activating group) is 1. The quantitative estimate of drug-likeness (QED) is 0.884. The molecule has 2 bridgehead atoms. The van der Waals surface area contributed by atoms with E-state index < -0.39 is 0 Å². The molecule has 3 saturated carbocycles. The molecule has 3 aliphatic rings.